The largest absolute Gasteiger partial charge is 0.306 e. The van der Waals surface area contributed by atoms with Gasteiger partial charge in [-0.3, -0.25) is 0 Å². The van der Waals surface area contributed by atoms with E-state index >= 15 is 0 Å². The van der Waals surface area contributed by atoms with E-state index in [0.717, 1.165) is 37.9 Å². The van der Waals surface area contributed by atoms with Crippen molar-refractivity contribution in [3.63, 3.8) is 0 Å². The molecule has 0 unspecified atom stereocenters. The minimum atomic E-state index is -0.296. The number of piperidine rings is 1. The van der Waals surface area contributed by atoms with Crippen LogP contribution in [-0.2, 0) is 10.3 Å². The molecule has 0 spiro atoms. The predicted octanol–water partition coefficient (Wildman–Crippen LogP) is 3.97. The summed E-state index contributed by atoms with van der Waals surface area (Å²) >= 11 is 3.74. The summed E-state index contributed by atoms with van der Waals surface area (Å²) in [6, 6.07) is 6.57. The first-order chi connectivity index (χ1) is 10.1. The van der Waals surface area contributed by atoms with Gasteiger partial charge in [-0.1, -0.05) is 28.1 Å². The van der Waals surface area contributed by atoms with E-state index in [2.05, 4.69) is 51.1 Å². The number of aliphatic imine (C=N–C) groups is 1. The number of benzene rings is 1. The summed E-state index contributed by atoms with van der Waals surface area (Å²) in [6.07, 6.45) is 7.25. The molecule has 4 heteroatoms. The maximum Gasteiger partial charge on any atom is 0.235 e. The van der Waals surface area contributed by atoms with E-state index in [1.54, 1.807) is 6.08 Å². The summed E-state index contributed by atoms with van der Waals surface area (Å²) in [5.41, 5.74) is 2.26. The molecular weight excluding hydrogens is 328 g/mol. The Morgan fingerprint density at radius 1 is 1.33 bits per heavy atom. The smallest absolute Gasteiger partial charge is 0.235 e. The van der Waals surface area contributed by atoms with Crippen LogP contribution in [-0.4, -0.2) is 31.1 Å². The van der Waals surface area contributed by atoms with E-state index in [1.165, 1.54) is 22.9 Å². The molecule has 1 saturated carbocycles. The monoisotopic (exact) mass is 348 g/mol. The molecule has 0 atom stereocenters. The van der Waals surface area contributed by atoms with Gasteiger partial charge >= 0.3 is 0 Å². The molecule has 0 aromatic heterocycles. The summed E-state index contributed by atoms with van der Waals surface area (Å²) in [6.45, 7) is 2.33. The summed E-state index contributed by atoms with van der Waals surface area (Å²) < 4.78 is 1.17. The van der Waals surface area contributed by atoms with Crippen LogP contribution in [0.1, 0.15) is 49.1 Å². The molecule has 0 radical (unpaired) electrons. The highest BCUT2D eigenvalue weighted by molar-refractivity contribution is 9.10. The second kappa shape index (κ2) is 6.04. The number of isocyanates is 1. The van der Waals surface area contributed by atoms with Crippen molar-refractivity contribution in [2.45, 2.75) is 43.6 Å². The van der Waals surface area contributed by atoms with Gasteiger partial charge in [0, 0.05) is 4.47 Å². The van der Waals surface area contributed by atoms with Crippen LogP contribution in [0.2, 0.25) is 0 Å². The molecule has 1 saturated heterocycles. The van der Waals surface area contributed by atoms with E-state index in [4.69, 9.17) is 0 Å². The zero-order valence-electron chi connectivity index (χ0n) is 12.4. The first-order valence-corrected chi connectivity index (χ1v) is 8.51. The highest BCUT2D eigenvalue weighted by Gasteiger charge is 2.39. The van der Waals surface area contributed by atoms with Gasteiger partial charge in [0.05, 0.1) is 5.54 Å². The summed E-state index contributed by atoms with van der Waals surface area (Å²) in [4.78, 5) is 17.2. The minimum absolute atomic E-state index is 0.296. The van der Waals surface area contributed by atoms with Crippen molar-refractivity contribution in [2.24, 2.45) is 4.99 Å². The second-order valence-corrected chi connectivity index (χ2v) is 7.26. The number of hydrogen-bond acceptors (Lipinski definition) is 3. The lowest BCUT2D eigenvalue weighted by Gasteiger charge is -2.37. The van der Waals surface area contributed by atoms with Gasteiger partial charge in [0.2, 0.25) is 6.08 Å². The standard InChI is InChI=1S/C17H21BrN2O/c1-20-9-5-13(6-10-20)15-4-3-14(11-16(15)18)17(19-12-21)7-2-8-17/h3-4,11,13H,2,5-10H2,1H3. The molecule has 2 aliphatic rings. The fourth-order valence-electron chi connectivity index (χ4n) is 3.53. The molecule has 0 amide bonds. The van der Waals surface area contributed by atoms with Gasteiger partial charge in [-0.05, 0) is 75.4 Å². The Hall–Kier alpha value is -0.960. The van der Waals surface area contributed by atoms with Gasteiger partial charge in [0.25, 0.3) is 0 Å². The Bertz CT molecular complexity index is 568. The van der Waals surface area contributed by atoms with Gasteiger partial charge < -0.3 is 4.90 Å². The SMILES string of the molecule is CN1CCC(c2ccc(C3(N=C=O)CCC3)cc2Br)CC1. The van der Waals surface area contributed by atoms with E-state index in [9.17, 15) is 4.79 Å². The molecular formula is C17H21BrN2O. The van der Waals surface area contributed by atoms with Crippen LogP contribution < -0.4 is 0 Å². The van der Waals surface area contributed by atoms with Crippen molar-refractivity contribution in [3.05, 3.63) is 33.8 Å². The van der Waals surface area contributed by atoms with Crippen LogP contribution in [0.15, 0.2) is 27.7 Å². The average molecular weight is 349 g/mol. The first-order valence-electron chi connectivity index (χ1n) is 7.72. The van der Waals surface area contributed by atoms with Crippen LogP contribution in [0.3, 0.4) is 0 Å². The lowest BCUT2D eigenvalue weighted by molar-refractivity contribution is 0.252. The molecule has 1 aliphatic carbocycles. The van der Waals surface area contributed by atoms with Crippen molar-refractivity contribution in [1.29, 1.82) is 0 Å². The van der Waals surface area contributed by atoms with Gasteiger partial charge in [-0.15, -0.1) is 0 Å². The third-order valence-electron chi connectivity index (χ3n) is 5.14. The number of rotatable bonds is 3. The van der Waals surface area contributed by atoms with Crippen molar-refractivity contribution < 1.29 is 4.79 Å². The van der Waals surface area contributed by atoms with Crippen molar-refractivity contribution >= 4 is 22.0 Å². The van der Waals surface area contributed by atoms with E-state index in [-0.39, 0.29) is 5.54 Å². The molecule has 0 bridgehead atoms. The third-order valence-corrected chi connectivity index (χ3v) is 5.82. The van der Waals surface area contributed by atoms with Crippen LogP contribution in [0.5, 0.6) is 0 Å². The first kappa shape index (κ1) is 15.0. The molecule has 3 rings (SSSR count). The normalized spacial score (nSPS) is 22.4. The van der Waals surface area contributed by atoms with Gasteiger partial charge in [0.1, 0.15) is 0 Å². The topological polar surface area (TPSA) is 32.7 Å². The van der Waals surface area contributed by atoms with Gasteiger partial charge in [0.15, 0.2) is 0 Å². The third kappa shape index (κ3) is 2.85. The van der Waals surface area contributed by atoms with Crippen LogP contribution in [0.25, 0.3) is 0 Å². The quantitative estimate of drug-likeness (QED) is 0.611. The summed E-state index contributed by atoms with van der Waals surface area (Å²) in [7, 11) is 2.19. The minimum Gasteiger partial charge on any atom is -0.306 e. The second-order valence-electron chi connectivity index (χ2n) is 6.40. The molecule has 1 aromatic carbocycles. The summed E-state index contributed by atoms with van der Waals surface area (Å²) in [5, 5.41) is 0. The van der Waals surface area contributed by atoms with Gasteiger partial charge in [-0.2, -0.15) is 4.99 Å². The maximum atomic E-state index is 10.7. The Balaban J connectivity index is 1.84. The fraction of sp³-hybridized carbons (Fsp3) is 0.588. The lowest BCUT2D eigenvalue weighted by Crippen LogP contribution is -2.32. The number of halogens is 1. The molecule has 1 aromatic rings. The molecule has 3 nitrogen and oxygen atoms in total. The van der Waals surface area contributed by atoms with Crippen molar-refractivity contribution in [2.75, 3.05) is 20.1 Å². The highest BCUT2D eigenvalue weighted by atomic mass is 79.9. The maximum absolute atomic E-state index is 10.7. The Morgan fingerprint density at radius 3 is 2.57 bits per heavy atom. The molecule has 0 N–H and O–H groups in total. The summed E-state index contributed by atoms with van der Waals surface area (Å²) in [5.74, 6) is 0.636. The van der Waals surface area contributed by atoms with Crippen LogP contribution in [0.4, 0.5) is 0 Å². The van der Waals surface area contributed by atoms with E-state index < -0.39 is 0 Å². The van der Waals surface area contributed by atoms with Gasteiger partial charge in [-0.25, -0.2) is 4.79 Å². The lowest BCUT2D eigenvalue weighted by atomic mass is 9.72. The van der Waals surface area contributed by atoms with Crippen LogP contribution in [0, 0.1) is 0 Å². The zero-order valence-corrected chi connectivity index (χ0v) is 14.0. The zero-order chi connectivity index (χ0) is 14.9. The Kier molecular flexibility index (Phi) is 4.30. The highest BCUT2D eigenvalue weighted by Crippen LogP contribution is 2.46. The predicted molar refractivity (Wildman–Crippen MR) is 87.3 cm³/mol. The van der Waals surface area contributed by atoms with Crippen molar-refractivity contribution in [1.82, 2.24) is 4.90 Å². The molecule has 1 aliphatic heterocycles. The molecule has 1 heterocycles. The number of hydrogen-bond donors (Lipinski definition) is 0. The van der Waals surface area contributed by atoms with Crippen molar-refractivity contribution in [3.8, 4) is 0 Å². The van der Waals surface area contributed by atoms with E-state index in [1.807, 2.05) is 0 Å². The van der Waals surface area contributed by atoms with Crippen LogP contribution >= 0.6 is 15.9 Å². The molecule has 112 valence electrons. The molecule has 21 heavy (non-hydrogen) atoms. The number of likely N-dealkylation sites (tertiary alicyclic amines) is 1. The Labute approximate surface area is 134 Å². The Morgan fingerprint density at radius 2 is 2.05 bits per heavy atom. The fourth-order valence-corrected chi connectivity index (χ4v) is 4.23. The number of nitrogens with zero attached hydrogens (tertiary/aromatic N) is 2. The molecule has 2 fully saturated rings. The number of carbonyl (C=O) groups excluding carboxylic acids is 1. The average Bonchev–Trinajstić information content (AvgIpc) is 2.44. The van der Waals surface area contributed by atoms with E-state index in [0.29, 0.717) is 5.92 Å².